The third-order valence-electron chi connectivity index (χ3n) is 2.56. The molecule has 2 N–H and O–H groups in total. The lowest BCUT2D eigenvalue weighted by Crippen LogP contribution is -2.13. The average molecular weight is 326 g/mol. The Kier molecular flexibility index (Phi) is 3.40. The second-order valence-electron chi connectivity index (χ2n) is 3.89. The number of sulfonamides is 1. The van der Waals surface area contributed by atoms with Gasteiger partial charge in [-0.25, -0.2) is 9.97 Å². The van der Waals surface area contributed by atoms with Gasteiger partial charge in [-0.2, -0.15) is 8.42 Å². The van der Waals surface area contributed by atoms with Gasteiger partial charge in [0.2, 0.25) is 0 Å². The molecule has 1 aromatic carbocycles. The van der Waals surface area contributed by atoms with E-state index in [1.807, 2.05) is 6.26 Å². The number of thioether (sulfide) groups is 1. The van der Waals surface area contributed by atoms with Crippen molar-refractivity contribution in [2.24, 2.45) is 0 Å². The predicted molar refractivity (Wildman–Crippen MR) is 80.8 cm³/mol. The lowest BCUT2D eigenvalue weighted by molar-refractivity contribution is 0.598. The highest BCUT2D eigenvalue weighted by molar-refractivity contribution is 8.00. The number of rotatable bonds is 4. The summed E-state index contributed by atoms with van der Waals surface area (Å²) in [5.74, 6) is 0. The van der Waals surface area contributed by atoms with Crippen LogP contribution in [0.5, 0.6) is 0 Å². The molecular formula is C11H10N4O2S3. The van der Waals surface area contributed by atoms with Crippen LogP contribution >= 0.6 is 23.1 Å². The van der Waals surface area contributed by atoms with Crippen molar-refractivity contribution in [2.75, 3.05) is 11.0 Å². The molecule has 20 heavy (non-hydrogen) atoms. The summed E-state index contributed by atoms with van der Waals surface area (Å²) in [5.41, 5.74) is 1.37. The number of aromatic nitrogens is 3. The molecule has 9 heteroatoms. The number of fused-ring (bicyclic) bond motifs is 1. The summed E-state index contributed by atoms with van der Waals surface area (Å²) in [5, 5.41) is 0.0340. The lowest BCUT2D eigenvalue weighted by Gasteiger charge is -2.05. The van der Waals surface area contributed by atoms with Gasteiger partial charge in [-0.3, -0.25) is 4.72 Å². The number of hydrogen-bond donors (Lipinski definition) is 2. The van der Waals surface area contributed by atoms with Gasteiger partial charge in [0.1, 0.15) is 0 Å². The second-order valence-corrected chi connectivity index (χ2v) is 7.62. The third kappa shape index (κ3) is 2.51. The van der Waals surface area contributed by atoms with Crippen LogP contribution in [0.3, 0.4) is 0 Å². The van der Waals surface area contributed by atoms with Crippen LogP contribution in [-0.2, 0) is 10.0 Å². The first kappa shape index (κ1) is 13.4. The maximum Gasteiger partial charge on any atom is 0.278 e. The highest BCUT2D eigenvalue weighted by Crippen LogP contribution is 2.30. The molecule has 0 unspecified atom stereocenters. The Hall–Kier alpha value is -1.58. The van der Waals surface area contributed by atoms with E-state index in [9.17, 15) is 8.42 Å². The Balaban J connectivity index is 1.95. The van der Waals surface area contributed by atoms with Crippen molar-refractivity contribution in [3.63, 3.8) is 0 Å². The molecule has 0 saturated heterocycles. The van der Waals surface area contributed by atoms with E-state index in [2.05, 4.69) is 19.7 Å². The average Bonchev–Trinajstić information content (AvgIpc) is 3.07. The standard InChI is InChI=1S/C11H10N4O2S3/c1-18-11-14-8-3-2-7(4-9(8)19-11)15-20(16,17)10-5-12-6-13-10/h2-6,15H,1H3,(H,12,13). The first-order chi connectivity index (χ1) is 9.58. The van der Waals surface area contributed by atoms with Crippen LogP contribution in [0.25, 0.3) is 10.2 Å². The van der Waals surface area contributed by atoms with E-state index in [-0.39, 0.29) is 5.03 Å². The van der Waals surface area contributed by atoms with Gasteiger partial charge in [0.05, 0.1) is 28.4 Å². The summed E-state index contributed by atoms with van der Waals surface area (Å²) >= 11 is 3.10. The molecule has 0 bridgehead atoms. The van der Waals surface area contributed by atoms with Gasteiger partial charge in [-0.1, -0.05) is 11.8 Å². The van der Waals surface area contributed by atoms with Crippen LogP contribution in [0.4, 0.5) is 5.69 Å². The zero-order valence-corrected chi connectivity index (χ0v) is 12.8. The van der Waals surface area contributed by atoms with Gasteiger partial charge < -0.3 is 4.98 Å². The van der Waals surface area contributed by atoms with Gasteiger partial charge in [-0.15, -0.1) is 11.3 Å². The zero-order valence-electron chi connectivity index (χ0n) is 10.3. The summed E-state index contributed by atoms with van der Waals surface area (Å²) in [4.78, 5) is 10.7. The molecule has 6 nitrogen and oxygen atoms in total. The summed E-state index contributed by atoms with van der Waals surface area (Å²) in [7, 11) is -3.63. The van der Waals surface area contributed by atoms with E-state index in [1.54, 1.807) is 30.0 Å². The summed E-state index contributed by atoms with van der Waals surface area (Å²) in [6, 6.07) is 5.27. The number of aromatic amines is 1. The Morgan fingerprint density at radius 2 is 2.25 bits per heavy atom. The number of anilines is 1. The van der Waals surface area contributed by atoms with E-state index in [0.717, 1.165) is 14.6 Å². The van der Waals surface area contributed by atoms with E-state index in [0.29, 0.717) is 5.69 Å². The SMILES string of the molecule is CSc1nc2ccc(NS(=O)(=O)c3cnc[nH]3)cc2s1. The number of hydrogen-bond acceptors (Lipinski definition) is 6. The van der Waals surface area contributed by atoms with Gasteiger partial charge >= 0.3 is 0 Å². The van der Waals surface area contributed by atoms with Gasteiger partial charge in [0.25, 0.3) is 10.0 Å². The molecule has 104 valence electrons. The predicted octanol–water partition coefficient (Wildman–Crippen LogP) is 2.54. The summed E-state index contributed by atoms with van der Waals surface area (Å²) in [6.07, 6.45) is 4.55. The number of nitrogens with zero attached hydrogens (tertiary/aromatic N) is 2. The van der Waals surface area contributed by atoms with Crippen molar-refractivity contribution in [3.05, 3.63) is 30.7 Å². The highest BCUT2D eigenvalue weighted by Gasteiger charge is 2.16. The zero-order chi connectivity index (χ0) is 14.2. The normalized spacial score (nSPS) is 11.8. The van der Waals surface area contributed by atoms with Crippen molar-refractivity contribution in [2.45, 2.75) is 9.37 Å². The van der Waals surface area contributed by atoms with Crippen molar-refractivity contribution < 1.29 is 8.42 Å². The van der Waals surface area contributed by atoms with Crippen LogP contribution in [-0.4, -0.2) is 29.6 Å². The molecule has 0 aliphatic rings. The number of nitrogens with one attached hydrogen (secondary N) is 2. The van der Waals surface area contributed by atoms with Crippen molar-refractivity contribution >= 4 is 49.0 Å². The Morgan fingerprint density at radius 3 is 2.95 bits per heavy atom. The number of imidazole rings is 1. The fourth-order valence-corrected chi connectivity index (χ4v) is 4.14. The number of thiazole rings is 1. The second kappa shape index (κ2) is 5.08. The van der Waals surface area contributed by atoms with E-state index in [4.69, 9.17) is 0 Å². The molecule has 0 aliphatic carbocycles. The van der Waals surface area contributed by atoms with Crippen LogP contribution in [0.15, 0.2) is 40.1 Å². The monoisotopic (exact) mass is 326 g/mol. The largest absolute Gasteiger partial charge is 0.334 e. The van der Waals surface area contributed by atoms with Gasteiger partial charge in [-0.05, 0) is 24.5 Å². The molecule has 0 atom stereocenters. The van der Waals surface area contributed by atoms with Crippen molar-refractivity contribution in [1.29, 1.82) is 0 Å². The first-order valence-corrected chi connectivity index (χ1v) is 9.07. The molecule has 3 rings (SSSR count). The minimum Gasteiger partial charge on any atom is -0.334 e. The molecule has 0 saturated carbocycles. The number of benzene rings is 1. The Labute approximate surface area is 123 Å². The van der Waals surface area contributed by atoms with Crippen LogP contribution in [0, 0.1) is 0 Å². The highest BCUT2D eigenvalue weighted by atomic mass is 32.2. The molecule has 0 fully saturated rings. The molecule has 2 aromatic heterocycles. The van der Waals surface area contributed by atoms with Crippen LogP contribution < -0.4 is 4.72 Å². The van der Waals surface area contributed by atoms with Crippen LogP contribution in [0.2, 0.25) is 0 Å². The summed E-state index contributed by atoms with van der Waals surface area (Å²) in [6.45, 7) is 0. The molecule has 0 spiro atoms. The van der Waals surface area contributed by atoms with E-state index >= 15 is 0 Å². The Morgan fingerprint density at radius 1 is 1.40 bits per heavy atom. The maximum atomic E-state index is 12.1. The van der Waals surface area contributed by atoms with Crippen molar-refractivity contribution in [1.82, 2.24) is 15.0 Å². The van der Waals surface area contributed by atoms with E-state index < -0.39 is 10.0 Å². The molecule has 2 heterocycles. The summed E-state index contributed by atoms with van der Waals surface area (Å²) < 4.78 is 28.5. The fraction of sp³-hybridized carbons (Fsp3) is 0.0909. The van der Waals surface area contributed by atoms with Gasteiger partial charge in [0, 0.05) is 0 Å². The molecule has 0 radical (unpaired) electrons. The third-order valence-corrected chi connectivity index (χ3v) is 5.87. The van der Waals surface area contributed by atoms with E-state index in [1.165, 1.54) is 23.9 Å². The topological polar surface area (TPSA) is 87.7 Å². The minimum atomic E-state index is -3.63. The maximum absolute atomic E-state index is 12.1. The smallest absolute Gasteiger partial charge is 0.278 e. The molecule has 3 aromatic rings. The molecule has 0 aliphatic heterocycles. The Bertz CT molecular complexity index is 840. The number of H-pyrrole nitrogens is 1. The van der Waals surface area contributed by atoms with Crippen molar-refractivity contribution in [3.8, 4) is 0 Å². The first-order valence-electron chi connectivity index (χ1n) is 5.54. The quantitative estimate of drug-likeness (QED) is 0.719. The molecular weight excluding hydrogens is 316 g/mol. The van der Waals surface area contributed by atoms with Gasteiger partial charge in [0.15, 0.2) is 9.37 Å². The van der Waals surface area contributed by atoms with Crippen LogP contribution in [0.1, 0.15) is 0 Å². The minimum absolute atomic E-state index is 0.0340. The molecule has 0 amide bonds. The fourth-order valence-electron chi connectivity index (χ4n) is 1.65. The lowest BCUT2D eigenvalue weighted by atomic mass is 10.3.